The summed E-state index contributed by atoms with van der Waals surface area (Å²) in [5, 5.41) is 0. The molecule has 1 aromatic rings. The summed E-state index contributed by atoms with van der Waals surface area (Å²) in [6.07, 6.45) is 2.04. The van der Waals surface area contributed by atoms with Crippen LogP contribution in [0.4, 0.5) is 0 Å². The zero-order valence-electron chi connectivity index (χ0n) is 10.8. The van der Waals surface area contributed by atoms with Crippen LogP contribution in [0.3, 0.4) is 0 Å². The van der Waals surface area contributed by atoms with E-state index in [1.807, 2.05) is 0 Å². The SMILES string of the molecule is CC1CCN(C(=O)c2c[nH]c(=O)[nH]c2=O)CC1CN. The van der Waals surface area contributed by atoms with E-state index >= 15 is 0 Å². The molecular formula is C12H18N4O3. The number of carbonyl (C=O) groups is 1. The Morgan fingerprint density at radius 2 is 2.26 bits per heavy atom. The second-order valence-corrected chi connectivity index (χ2v) is 5.00. The maximum absolute atomic E-state index is 12.2. The van der Waals surface area contributed by atoms with Crippen molar-refractivity contribution in [3.05, 3.63) is 32.6 Å². The number of piperidine rings is 1. The van der Waals surface area contributed by atoms with Crippen molar-refractivity contribution >= 4 is 5.91 Å². The number of aromatic amines is 2. The number of aromatic nitrogens is 2. The number of likely N-dealkylation sites (tertiary alicyclic amines) is 1. The fourth-order valence-electron chi connectivity index (χ4n) is 2.38. The van der Waals surface area contributed by atoms with Crippen LogP contribution in [-0.2, 0) is 0 Å². The van der Waals surface area contributed by atoms with Crippen molar-refractivity contribution in [1.82, 2.24) is 14.9 Å². The highest BCUT2D eigenvalue weighted by Crippen LogP contribution is 2.22. The maximum atomic E-state index is 12.2. The number of nitrogens with zero attached hydrogens (tertiary/aromatic N) is 1. The van der Waals surface area contributed by atoms with E-state index in [4.69, 9.17) is 5.73 Å². The Bertz CT molecular complexity index is 577. The highest BCUT2D eigenvalue weighted by Gasteiger charge is 2.29. The van der Waals surface area contributed by atoms with Gasteiger partial charge in [0.05, 0.1) is 0 Å². The molecule has 0 radical (unpaired) electrons. The van der Waals surface area contributed by atoms with Gasteiger partial charge in [0.1, 0.15) is 5.56 Å². The Balaban J connectivity index is 2.20. The third-order valence-corrected chi connectivity index (χ3v) is 3.75. The molecule has 1 aromatic heterocycles. The molecule has 2 unspecified atom stereocenters. The number of amides is 1. The molecule has 1 fully saturated rings. The van der Waals surface area contributed by atoms with E-state index in [1.165, 1.54) is 6.20 Å². The Kier molecular flexibility index (Phi) is 3.84. The van der Waals surface area contributed by atoms with Crippen molar-refractivity contribution in [2.75, 3.05) is 19.6 Å². The van der Waals surface area contributed by atoms with Crippen molar-refractivity contribution in [1.29, 1.82) is 0 Å². The van der Waals surface area contributed by atoms with Gasteiger partial charge in [-0.15, -0.1) is 0 Å². The van der Waals surface area contributed by atoms with E-state index in [-0.39, 0.29) is 17.4 Å². The molecule has 2 rings (SSSR count). The molecule has 1 aliphatic heterocycles. The first-order valence-corrected chi connectivity index (χ1v) is 6.34. The van der Waals surface area contributed by atoms with Crippen molar-refractivity contribution in [3.8, 4) is 0 Å². The Morgan fingerprint density at radius 3 is 2.89 bits per heavy atom. The predicted octanol–water partition coefficient (Wildman–Crippen LogP) is -0.880. The third-order valence-electron chi connectivity index (χ3n) is 3.75. The van der Waals surface area contributed by atoms with Gasteiger partial charge in [0.25, 0.3) is 11.5 Å². The molecule has 2 heterocycles. The van der Waals surface area contributed by atoms with Gasteiger partial charge in [-0.05, 0) is 24.8 Å². The van der Waals surface area contributed by atoms with Gasteiger partial charge < -0.3 is 15.6 Å². The fraction of sp³-hybridized carbons (Fsp3) is 0.583. The smallest absolute Gasteiger partial charge is 0.325 e. The van der Waals surface area contributed by atoms with E-state index in [0.29, 0.717) is 25.6 Å². The van der Waals surface area contributed by atoms with E-state index in [9.17, 15) is 14.4 Å². The first-order chi connectivity index (χ1) is 9.02. The average molecular weight is 266 g/mol. The second-order valence-electron chi connectivity index (χ2n) is 5.00. The summed E-state index contributed by atoms with van der Waals surface area (Å²) in [7, 11) is 0. The first kappa shape index (κ1) is 13.5. The quantitative estimate of drug-likeness (QED) is 0.645. The van der Waals surface area contributed by atoms with Crippen molar-refractivity contribution in [3.63, 3.8) is 0 Å². The molecule has 7 nitrogen and oxygen atoms in total. The summed E-state index contributed by atoms with van der Waals surface area (Å²) >= 11 is 0. The third kappa shape index (κ3) is 2.76. The van der Waals surface area contributed by atoms with E-state index in [1.54, 1.807) is 4.90 Å². The lowest BCUT2D eigenvalue weighted by atomic mass is 9.87. The first-order valence-electron chi connectivity index (χ1n) is 6.34. The zero-order valence-corrected chi connectivity index (χ0v) is 10.8. The molecular weight excluding hydrogens is 248 g/mol. The molecule has 0 aliphatic carbocycles. The molecule has 1 saturated heterocycles. The van der Waals surface area contributed by atoms with Crippen LogP contribution in [-0.4, -0.2) is 40.4 Å². The standard InChI is InChI=1S/C12H18N4O3/c1-7-2-3-16(6-8(7)4-13)11(18)9-5-14-12(19)15-10(9)17/h5,7-8H,2-4,6,13H2,1H3,(H2,14,15,17,19). The average Bonchev–Trinajstić information content (AvgIpc) is 2.38. The molecule has 7 heteroatoms. The van der Waals surface area contributed by atoms with Crippen LogP contribution in [0.1, 0.15) is 23.7 Å². The van der Waals surface area contributed by atoms with Crippen LogP contribution < -0.4 is 17.0 Å². The van der Waals surface area contributed by atoms with Crippen LogP contribution in [0.15, 0.2) is 15.8 Å². The Labute approximate surface area is 109 Å². The molecule has 0 bridgehead atoms. The maximum Gasteiger partial charge on any atom is 0.325 e. The molecule has 1 amide bonds. The monoisotopic (exact) mass is 266 g/mol. The van der Waals surface area contributed by atoms with Gasteiger partial charge >= 0.3 is 5.69 Å². The van der Waals surface area contributed by atoms with Gasteiger partial charge in [-0.25, -0.2) is 4.79 Å². The van der Waals surface area contributed by atoms with E-state index in [2.05, 4.69) is 16.9 Å². The molecule has 0 aromatic carbocycles. The summed E-state index contributed by atoms with van der Waals surface area (Å²) in [5.74, 6) is 0.366. The number of rotatable bonds is 2. The minimum Gasteiger partial charge on any atom is -0.338 e. The molecule has 1 aliphatic rings. The number of hydrogen-bond acceptors (Lipinski definition) is 4. The van der Waals surface area contributed by atoms with Gasteiger partial charge in [0.2, 0.25) is 0 Å². The van der Waals surface area contributed by atoms with Gasteiger partial charge in [-0.1, -0.05) is 6.92 Å². The Morgan fingerprint density at radius 1 is 1.53 bits per heavy atom. The lowest BCUT2D eigenvalue weighted by Gasteiger charge is -2.36. The van der Waals surface area contributed by atoms with E-state index < -0.39 is 11.2 Å². The van der Waals surface area contributed by atoms with Crippen LogP contribution in [0.25, 0.3) is 0 Å². The number of carbonyl (C=O) groups excluding carboxylic acids is 1. The summed E-state index contributed by atoms with van der Waals surface area (Å²) in [6.45, 7) is 3.79. The second kappa shape index (κ2) is 5.40. The van der Waals surface area contributed by atoms with Crippen molar-refractivity contribution < 1.29 is 4.79 Å². The molecule has 2 atom stereocenters. The van der Waals surface area contributed by atoms with Crippen molar-refractivity contribution in [2.45, 2.75) is 13.3 Å². The topological polar surface area (TPSA) is 112 Å². The minimum atomic E-state index is -0.656. The van der Waals surface area contributed by atoms with Crippen LogP contribution in [0, 0.1) is 11.8 Å². The zero-order chi connectivity index (χ0) is 14.0. The van der Waals surface area contributed by atoms with Crippen LogP contribution in [0.2, 0.25) is 0 Å². The lowest BCUT2D eigenvalue weighted by molar-refractivity contribution is 0.0616. The van der Waals surface area contributed by atoms with Gasteiger partial charge in [0, 0.05) is 19.3 Å². The van der Waals surface area contributed by atoms with Gasteiger partial charge in [-0.2, -0.15) is 0 Å². The highest BCUT2D eigenvalue weighted by molar-refractivity contribution is 5.93. The lowest BCUT2D eigenvalue weighted by Crippen LogP contribution is -2.47. The normalized spacial score (nSPS) is 23.4. The Hall–Kier alpha value is -1.89. The largest absolute Gasteiger partial charge is 0.338 e. The van der Waals surface area contributed by atoms with Gasteiger partial charge in [0.15, 0.2) is 0 Å². The summed E-state index contributed by atoms with van der Waals surface area (Å²) in [6, 6.07) is 0. The summed E-state index contributed by atoms with van der Waals surface area (Å²) < 4.78 is 0. The molecule has 19 heavy (non-hydrogen) atoms. The predicted molar refractivity (Wildman–Crippen MR) is 69.9 cm³/mol. The van der Waals surface area contributed by atoms with Crippen LogP contribution >= 0.6 is 0 Å². The molecule has 0 saturated carbocycles. The minimum absolute atomic E-state index is 0.0371. The molecule has 4 N–H and O–H groups in total. The molecule has 104 valence electrons. The number of hydrogen-bond donors (Lipinski definition) is 3. The summed E-state index contributed by atoms with van der Waals surface area (Å²) in [4.78, 5) is 40.8. The highest BCUT2D eigenvalue weighted by atomic mass is 16.2. The number of nitrogens with two attached hydrogens (primary N) is 1. The fourth-order valence-corrected chi connectivity index (χ4v) is 2.38. The number of H-pyrrole nitrogens is 2. The van der Waals surface area contributed by atoms with Crippen LogP contribution in [0.5, 0.6) is 0 Å². The van der Waals surface area contributed by atoms with Gasteiger partial charge in [-0.3, -0.25) is 14.6 Å². The molecule has 0 spiro atoms. The number of nitrogens with one attached hydrogen (secondary N) is 2. The van der Waals surface area contributed by atoms with E-state index in [0.717, 1.165) is 6.42 Å². The van der Waals surface area contributed by atoms with Crippen molar-refractivity contribution in [2.24, 2.45) is 17.6 Å². The summed E-state index contributed by atoms with van der Waals surface area (Å²) in [5.41, 5.74) is 4.38.